The fourth-order valence-electron chi connectivity index (χ4n) is 3.55. The summed E-state index contributed by atoms with van der Waals surface area (Å²) >= 11 is 0. The van der Waals surface area contributed by atoms with E-state index < -0.39 is 0 Å². The molecule has 0 atom stereocenters. The van der Waals surface area contributed by atoms with Gasteiger partial charge in [0.05, 0.1) is 11.0 Å². The number of para-hydroxylation sites is 1. The number of nitrogens with one attached hydrogen (secondary N) is 1. The normalized spacial score (nSPS) is 10.8. The standard InChI is InChI=1S/C26H25N3O3/c1-3-29-24-14-13-21(15-23(24)28-18(2)26(29)31)25(30)27-16-19-9-11-20(12-10-19)17-32-22-7-5-4-6-8-22/h4-15H,3,16-17H2,1-2H3,(H,27,30). The molecule has 0 saturated carbocycles. The first kappa shape index (κ1) is 21.3. The van der Waals surface area contributed by atoms with Gasteiger partial charge in [-0.2, -0.15) is 0 Å². The van der Waals surface area contributed by atoms with Crippen LogP contribution in [0.5, 0.6) is 5.75 Å². The largest absolute Gasteiger partial charge is 0.489 e. The monoisotopic (exact) mass is 427 g/mol. The van der Waals surface area contributed by atoms with E-state index in [0.717, 1.165) is 22.4 Å². The molecule has 3 aromatic carbocycles. The predicted octanol–water partition coefficient (Wildman–Crippen LogP) is 4.23. The van der Waals surface area contributed by atoms with Crippen LogP contribution in [0, 0.1) is 6.92 Å². The third-order valence-corrected chi connectivity index (χ3v) is 5.31. The highest BCUT2D eigenvalue weighted by molar-refractivity contribution is 5.97. The van der Waals surface area contributed by atoms with E-state index in [-0.39, 0.29) is 11.5 Å². The van der Waals surface area contributed by atoms with Gasteiger partial charge in [-0.3, -0.25) is 9.59 Å². The van der Waals surface area contributed by atoms with Crippen LogP contribution in [0.1, 0.15) is 34.1 Å². The van der Waals surface area contributed by atoms with Crippen LogP contribution in [0.15, 0.2) is 77.6 Å². The number of carbonyl (C=O) groups is 1. The molecule has 6 nitrogen and oxygen atoms in total. The Morgan fingerprint density at radius 2 is 1.72 bits per heavy atom. The third-order valence-electron chi connectivity index (χ3n) is 5.31. The maximum atomic E-state index is 12.7. The molecule has 32 heavy (non-hydrogen) atoms. The van der Waals surface area contributed by atoms with Gasteiger partial charge in [0, 0.05) is 18.7 Å². The molecule has 0 spiro atoms. The summed E-state index contributed by atoms with van der Waals surface area (Å²) in [6, 6.07) is 22.9. The maximum Gasteiger partial charge on any atom is 0.272 e. The number of hydrogen-bond acceptors (Lipinski definition) is 4. The van der Waals surface area contributed by atoms with Gasteiger partial charge in [0.1, 0.15) is 18.1 Å². The molecule has 0 unspecified atom stereocenters. The van der Waals surface area contributed by atoms with Crippen molar-refractivity contribution in [2.24, 2.45) is 0 Å². The van der Waals surface area contributed by atoms with Crippen molar-refractivity contribution >= 4 is 16.9 Å². The molecule has 0 radical (unpaired) electrons. The van der Waals surface area contributed by atoms with E-state index in [9.17, 15) is 9.59 Å². The highest BCUT2D eigenvalue weighted by atomic mass is 16.5. The van der Waals surface area contributed by atoms with Gasteiger partial charge in [-0.1, -0.05) is 42.5 Å². The van der Waals surface area contributed by atoms with E-state index in [2.05, 4.69) is 10.3 Å². The van der Waals surface area contributed by atoms with E-state index in [1.807, 2.05) is 61.5 Å². The minimum Gasteiger partial charge on any atom is -0.489 e. The van der Waals surface area contributed by atoms with Gasteiger partial charge in [-0.25, -0.2) is 4.98 Å². The predicted molar refractivity (Wildman–Crippen MR) is 125 cm³/mol. The highest BCUT2D eigenvalue weighted by Gasteiger charge is 2.11. The van der Waals surface area contributed by atoms with Crippen molar-refractivity contribution in [3.63, 3.8) is 0 Å². The molecule has 1 heterocycles. The van der Waals surface area contributed by atoms with Crippen molar-refractivity contribution in [2.75, 3.05) is 0 Å². The number of aryl methyl sites for hydroxylation is 2. The van der Waals surface area contributed by atoms with Gasteiger partial charge in [0.15, 0.2) is 0 Å². The molecule has 0 aliphatic rings. The number of carbonyl (C=O) groups excluding carboxylic acids is 1. The van der Waals surface area contributed by atoms with Crippen LogP contribution in [0.2, 0.25) is 0 Å². The van der Waals surface area contributed by atoms with E-state index in [1.54, 1.807) is 29.7 Å². The van der Waals surface area contributed by atoms with Gasteiger partial charge < -0.3 is 14.6 Å². The second-order valence-corrected chi connectivity index (χ2v) is 7.55. The number of ether oxygens (including phenoxy) is 1. The summed E-state index contributed by atoms with van der Waals surface area (Å²) in [5, 5.41) is 2.95. The number of aromatic nitrogens is 2. The Kier molecular flexibility index (Phi) is 6.31. The third kappa shape index (κ3) is 4.70. The number of benzene rings is 3. The summed E-state index contributed by atoms with van der Waals surface area (Å²) in [7, 11) is 0. The Morgan fingerprint density at radius 3 is 2.44 bits per heavy atom. The average Bonchev–Trinajstić information content (AvgIpc) is 2.83. The Bertz CT molecular complexity index is 1300. The van der Waals surface area contributed by atoms with Gasteiger partial charge in [0.25, 0.3) is 11.5 Å². The van der Waals surface area contributed by atoms with Gasteiger partial charge in [-0.05, 0) is 55.3 Å². The molecule has 0 saturated heterocycles. The van der Waals surface area contributed by atoms with Crippen LogP contribution in [-0.2, 0) is 19.7 Å². The van der Waals surface area contributed by atoms with Crippen molar-refractivity contribution in [2.45, 2.75) is 33.5 Å². The lowest BCUT2D eigenvalue weighted by Crippen LogP contribution is -2.25. The summed E-state index contributed by atoms with van der Waals surface area (Å²) in [5.74, 6) is 0.650. The molecule has 162 valence electrons. The zero-order valence-corrected chi connectivity index (χ0v) is 18.2. The maximum absolute atomic E-state index is 12.7. The number of nitrogens with zero attached hydrogens (tertiary/aromatic N) is 2. The lowest BCUT2D eigenvalue weighted by atomic mass is 10.1. The fourth-order valence-corrected chi connectivity index (χ4v) is 3.55. The van der Waals surface area contributed by atoms with Crippen molar-refractivity contribution in [3.8, 4) is 5.75 Å². The first-order valence-corrected chi connectivity index (χ1v) is 10.6. The van der Waals surface area contributed by atoms with E-state index in [4.69, 9.17) is 4.74 Å². The second-order valence-electron chi connectivity index (χ2n) is 7.55. The fraction of sp³-hybridized carbons (Fsp3) is 0.192. The van der Waals surface area contributed by atoms with Crippen molar-refractivity contribution in [3.05, 3.63) is 106 Å². The summed E-state index contributed by atoms with van der Waals surface area (Å²) < 4.78 is 7.43. The topological polar surface area (TPSA) is 73.2 Å². The summed E-state index contributed by atoms with van der Waals surface area (Å²) in [5.41, 5.74) is 4.26. The van der Waals surface area contributed by atoms with Crippen LogP contribution in [0.3, 0.4) is 0 Å². The van der Waals surface area contributed by atoms with Crippen LogP contribution < -0.4 is 15.6 Å². The Hall–Kier alpha value is -3.93. The Labute approximate surface area is 186 Å². The van der Waals surface area contributed by atoms with Crippen molar-refractivity contribution in [1.29, 1.82) is 0 Å². The molecule has 4 aromatic rings. The molecule has 0 fully saturated rings. The first-order chi connectivity index (χ1) is 15.5. The lowest BCUT2D eigenvalue weighted by molar-refractivity contribution is 0.0951. The molecule has 1 amide bonds. The van der Waals surface area contributed by atoms with Crippen LogP contribution in [0.25, 0.3) is 11.0 Å². The van der Waals surface area contributed by atoms with Crippen LogP contribution in [0.4, 0.5) is 0 Å². The van der Waals surface area contributed by atoms with Gasteiger partial charge >= 0.3 is 0 Å². The van der Waals surface area contributed by atoms with E-state index in [0.29, 0.717) is 36.5 Å². The van der Waals surface area contributed by atoms with Gasteiger partial charge in [0.2, 0.25) is 0 Å². The zero-order valence-electron chi connectivity index (χ0n) is 18.2. The Morgan fingerprint density at radius 1 is 1.00 bits per heavy atom. The molecule has 1 N–H and O–H groups in total. The summed E-state index contributed by atoms with van der Waals surface area (Å²) in [6.07, 6.45) is 0. The zero-order chi connectivity index (χ0) is 22.5. The smallest absolute Gasteiger partial charge is 0.272 e. The second kappa shape index (κ2) is 9.47. The minimum atomic E-state index is -0.183. The molecule has 4 rings (SSSR count). The van der Waals surface area contributed by atoms with E-state index in [1.165, 1.54) is 0 Å². The lowest BCUT2D eigenvalue weighted by Gasteiger charge is -2.11. The molecule has 0 aliphatic heterocycles. The summed E-state index contributed by atoms with van der Waals surface area (Å²) in [6.45, 7) is 5.06. The highest BCUT2D eigenvalue weighted by Crippen LogP contribution is 2.15. The molecule has 1 aromatic heterocycles. The molecule has 0 aliphatic carbocycles. The average molecular weight is 428 g/mol. The summed E-state index contributed by atoms with van der Waals surface area (Å²) in [4.78, 5) is 29.3. The molecular weight excluding hydrogens is 402 g/mol. The van der Waals surface area contributed by atoms with Gasteiger partial charge in [-0.15, -0.1) is 0 Å². The molecular formula is C26H25N3O3. The quantitative estimate of drug-likeness (QED) is 0.479. The Balaban J connectivity index is 1.39. The SMILES string of the molecule is CCn1c(=O)c(C)nc2cc(C(=O)NCc3ccc(COc4ccccc4)cc3)ccc21. The molecule has 6 heteroatoms. The van der Waals surface area contributed by atoms with E-state index >= 15 is 0 Å². The first-order valence-electron chi connectivity index (χ1n) is 10.6. The number of fused-ring (bicyclic) bond motifs is 1. The molecule has 0 bridgehead atoms. The van der Waals surface area contributed by atoms with Crippen LogP contribution >= 0.6 is 0 Å². The number of hydrogen-bond donors (Lipinski definition) is 1. The van der Waals surface area contributed by atoms with Crippen LogP contribution in [-0.4, -0.2) is 15.5 Å². The number of amides is 1. The minimum absolute atomic E-state index is 0.102. The number of rotatable bonds is 7. The van der Waals surface area contributed by atoms with Crippen molar-refractivity contribution in [1.82, 2.24) is 14.9 Å². The van der Waals surface area contributed by atoms with Crippen molar-refractivity contribution < 1.29 is 9.53 Å².